The average molecular weight is 590 g/mol. The predicted molar refractivity (Wildman–Crippen MR) is 152 cm³/mol. The van der Waals surface area contributed by atoms with Crippen molar-refractivity contribution in [3.8, 4) is 0 Å². The van der Waals surface area contributed by atoms with Crippen LogP contribution < -0.4 is 10.6 Å². The second-order valence-corrected chi connectivity index (χ2v) is 11.5. The van der Waals surface area contributed by atoms with E-state index in [9.17, 15) is 47.0 Å². The van der Waals surface area contributed by atoms with Crippen LogP contribution in [-0.2, 0) is 0 Å². The van der Waals surface area contributed by atoms with E-state index in [1.807, 2.05) is 0 Å². The monoisotopic (exact) mass is 589 g/mol. The molecular formula is C25H23N3O10S2. The number of amides is 2. The lowest BCUT2D eigenvalue weighted by Crippen LogP contribution is -2.16. The number of nitrogens with one attached hydrogen (secondary N) is 2. The molecule has 0 saturated carbocycles. The summed E-state index contributed by atoms with van der Waals surface area (Å²) in [5, 5.41) is 16.0. The van der Waals surface area contributed by atoms with Crippen molar-refractivity contribution in [1.82, 2.24) is 0 Å². The van der Waals surface area contributed by atoms with Crippen molar-refractivity contribution in [1.29, 1.82) is 0 Å². The summed E-state index contributed by atoms with van der Waals surface area (Å²) in [4.78, 5) is 35.6. The van der Waals surface area contributed by atoms with Gasteiger partial charge in [-0.3, -0.25) is 19.7 Å². The van der Waals surface area contributed by atoms with Gasteiger partial charge in [-0.25, -0.2) is 0 Å². The van der Waals surface area contributed by atoms with Gasteiger partial charge in [0.2, 0.25) is 0 Å². The van der Waals surface area contributed by atoms with Gasteiger partial charge >= 0.3 is 0 Å². The zero-order valence-electron chi connectivity index (χ0n) is 20.5. The lowest BCUT2D eigenvalue weighted by atomic mass is 10.1. The number of nitrogens with zero attached hydrogens (tertiary/aromatic N) is 1. The fourth-order valence-electron chi connectivity index (χ4n) is 3.97. The Labute approximate surface area is 230 Å². The van der Waals surface area contributed by atoms with Crippen LogP contribution in [0.1, 0.15) is 26.3 Å². The normalized spacial score (nSPS) is 12.6. The number of nitro benzene ring substituents is 1. The number of rotatable bonds is 7. The van der Waals surface area contributed by atoms with Gasteiger partial charge < -0.3 is 38.0 Å². The van der Waals surface area contributed by atoms with Crippen LogP contribution in [-0.4, -0.2) is 44.1 Å². The van der Waals surface area contributed by atoms with Gasteiger partial charge in [-0.05, 0) is 48.9 Å². The molecule has 0 aromatic heterocycles. The molecule has 40 heavy (non-hydrogen) atoms. The molecule has 0 saturated heterocycles. The largest absolute Gasteiger partial charge is 0.322 e. The van der Waals surface area contributed by atoms with Crippen LogP contribution >= 0.6 is 21.7 Å². The van der Waals surface area contributed by atoms with Crippen LogP contribution in [0.3, 0.4) is 0 Å². The average Bonchev–Trinajstić information content (AvgIpc) is 2.88. The van der Waals surface area contributed by atoms with E-state index >= 15 is 0 Å². The van der Waals surface area contributed by atoms with Crippen molar-refractivity contribution < 1.29 is 41.8 Å². The summed E-state index contributed by atoms with van der Waals surface area (Å²) in [6, 6.07) is 15.6. The Morgan fingerprint density at radius 2 is 1.32 bits per heavy atom. The lowest BCUT2D eigenvalue weighted by molar-refractivity contribution is -0.384. The minimum Gasteiger partial charge on any atom is -0.322 e. The predicted octanol–water partition coefficient (Wildman–Crippen LogP) is 6.73. The molecule has 4 aromatic carbocycles. The van der Waals surface area contributed by atoms with Gasteiger partial charge in [-0.15, -0.1) is 0 Å². The van der Waals surface area contributed by atoms with E-state index in [-0.39, 0.29) is 43.9 Å². The molecule has 13 nitrogen and oxygen atoms in total. The number of hydrogen-bond acceptors (Lipinski definition) is 10. The first-order chi connectivity index (χ1) is 18.7. The number of carbonyl (C=O) groups is 2. The molecule has 15 heteroatoms. The van der Waals surface area contributed by atoms with Crippen molar-refractivity contribution in [3.63, 3.8) is 0 Å². The van der Waals surface area contributed by atoms with Crippen molar-refractivity contribution in [2.75, 3.05) is 10.6 Å². The molecule has 0 radical (unpaired) electrons. The number of nitro groups is 1. The highest BCUT2D eigenvalue weighted by atomic mass is 32.3. The Morgan fingerprint density at radius 3 is 1.95 bits per heavy atom. The topological polar surface area (TPSA) is 223 Å². The first-order valence-electron chi connectivity index (χ1n) is 11.2. The van der Waals surface area contributed by atoms with Gasteiger partial charge in [-0.1, -0.05) is 24.3 Å². The number of aryl methyl sites for hydroxylation is 1. The fraction of sp³-hybridized carbons (Fsp3) is 0.0400. The van der Waals surface area contributed by atoms with Crippen LogP contribution in [0.2, 0.25) is 0 Å². The Hall–Kier alpha value is -4.06. The number of benzene rings is 4. The van der Waals surface area contributed by atoms with Crippen LogP contribution in [0.5, 0.6) is 0 Å². The minimum absolute atomic E-state index is 0.0281. The molecule has 0 aliphatic carbocycles. The van der Waals surface area contributed by atoms with E-state index in [0.29, 0.717) is 5.56 Å². The summed E-state index contributed by atoms with van der Waals surface area (Å²) >= 11 is 0. The Balaban J connectivity index is 1.70. The Kier molecular flexibility index (Phi) is 7.84. The fourth-order valence-corrected chi connectivity index (χ4v) is 5.44. The third-order valence-electron chi connectivity index (χ3n) is 5.87. The van der Waals surface area contributed by atoms with Crippen LogP contribution in [0.25, 0.3) is 10.8 Å². The van der Waals surface area contributed by atoms with E-state index in [2.05, 4.69) is 10.6 Å². The molecule has 4 rings (SSSR count). The third-order valence-corrected chi connectivity index (χ3v) is 7.74. The van der Waals surface area contributed by atoms with Crippen molar-refractivity contribution >= 4 is 61.4 Å². The smallest absolute Gasteiger partial charge is 0.270 e. The second-order valence-electron chi connectivity index (χ2n) is 8.57. The molecule has 0 aliphatic rings. The maximum Gasteiger partial charge on any atom is 0.270 e. The third kappa shape index (κ3) is 6.06. The molecule has 0 atom stereocenters. The van der Waals surface area contributed by atoms with Gasteiger partial charge in [0, 0.05) is 39.7 Å². The Morgan fingerprint density at radius 1 is 0.725 bits per heavy atom. The molecule has 0 bridgehead atoms. The van der Waals surface area contributed by atoms with Gasteiger partial charge in [0.05, 0.1) is 20.4 Å². The molecule has 0 unspecified atom stereocenters. The van der Waals surface area contributed by atoms with E-state index in [4.69, 9.17) is 0 Å². The quantitative estimate of drug-likeness (QED) is 0.0838. The van der Waals surface area contributed by atoms with Gasteiger partial charge in [-0.2, -0.15) is 0 Å². The molecule has 210 valence electrons. The summed E-state index contributed by atoms with van der Waals surface area (Å²) < 4.78 is 59.4. The number of fused-ring (bicyclic) bond motifs is 1. The van der Waals surface area contributed by atoms with Gasteiger partial charge in [0.15, 0.2) is 0 Å². The van der Waals surface area contributed by atoms with Crippen LogP contribution in [0, 0.1) is 17.0 Å². The summed E-state index contributed by atoms with van der Waals surface area (Å²) in [6.45, 7) is 1.67. The maximum absolute atomic E-state index is 13.2. The van der Waals surface area contributed by atoms with Crippen molar-refractivity contribution in [2.45, 2.75) is 16.7 Å². The summed E-state index contributed by atoms with van der Waals surface area (Å²) in [7, 11) is -8.62. The van der Waals surface area contributed by atoms with Crippen molar-refractivity contribution in [3.05, 3.63) is 99.6 Å². The maximum atomic E-state index is 13.2. The molecule has 4 aromatic rings. The number of non-ortho nitro benzene ring substituents is 1. The summed E-state index contributed by atoms with van der Waals surface area (Å²) in [6.07, 6.45) is 0. The number of carbonyl (C=O) groups excluding carboxylic acids is 2. The number of hydrogen-bond donors (Lipinski definition) is 8. The molecule has 2 amide bonds. The Bertz CT molecular complexity index is 1670. The van der Waals surface area contributed by atoms with E-state index in [1.165, 1.54) is 48.5 Å². The van der Waals surface area contributed by atoms with Crippen LogP contribution in [0.4, 0.5) is 17.1 Å². The minimum atomic E-state index is -4.35. The molecule has 0 aliphatic heterocycles. The SMILES string of the molecule is Cc1ccc(C(=O)Nc2ccc(S(O)(O)O)c3cccc(S(O)(O)O)c23)cc1NC(=O)c1cccc([N+](=O)[O-])c1. The molecule has 0 fully saturated rings. The zero-order valence-corrected chi connectivity index (χ0v) is 22.1. The molecule has 0 heterocycles. The van der Waals surface area contributed by atoms with Crippen molar-refractivity contribution in [2.24, 2.45) is 0 Å². The zero-order chi connectivity index (χ0) is 29.4. The van der Waals surface area contributed by atoms with E-state index in [1.54, 1.807) is 13.0 Å². The first-order valence-corrected chi connectivity index (χ1v) is 14.2. The van der Waals surface area contributed by atoms with E-state index < -0.39 is 43.4 Å². The number of anilines is 2. The second kappa shape index (κ2) is 10.8. The summed E-state index contributed by atoms with van der Waals surface area (Å²) in [5.41, 5.74) is 0.576. The highest BCUT2D eigenvalue weighted by molar-refractivity contribution is 8.20. The highest BCUT2D eigenvalue weighted by Crippen LogP contribution is 2.54. The van der Waals surface area contributed by atoms with Gasteiger partial charge in [0.1, 0.15) is 21.7 Å². The summed E-state index contributed by atoms with van der Waals surface area (Å²) in [5.74, 6) is -1.37. The highest BCUT2D eigenvalue weighted by Gasteiger charge is 2.27. The van der Waals surface area contributed by atoms with Crippen LogP contribution in [0.15, 0.2) is 82.6 Å². The standard InChI is InChI=1S/C25H23N3O10S2/c1-14-8-9-16(13-20(14)27-24(29)15-4-2-5-17(12-15)28(31)32)25(30)26-19-10-11-21(39(33,34)35)18-6-3-7-22(23(18)19)40(36,37)38/h2-13,33-38H,1H3,(H,26,30)(H,27,29). The lowest BCUT2D eigenvalue weighted by Gasteiger charge is -2.26. The first kappa shape index (κ1) is 28.9. The molecule has 0 spiro atoms. The van der Waals surface area contributed by atoms with Gasteiger partial charge in [0.25, 0.3) is 17.5 Å². The molecule has 8 N–H and O–H groups in total. The molecular weight excluding hydrogens is 566 g/mol. The van der Waals surface area contributed by atoms with E-state index in [0.717, 1.165) is 18.2 Å².